The van der Waals surface area contributed by atoms with Crippen LogP contribution in [0.25, 0.3) is 0 Å². The van der Waals surface area contributed by atoms with Crippen LogP contribution in [0, 0.1) is 0 Å². The maximum absolute atomic E-state index is 15.5. The van der Waals surface area contributed by atoms with Crippen molar-refractivity contribution in [2.24, 2.45) is 0 Å². The molecule has 19 aliphatic rings. The van der Waals surface area contributed by atoms with Gasteiger partial charge < -0.3 is 14.7 Å². The second-order valence-corrected chi connectivity index (χ2v) is 25.3. The molecule has 0 radical (unpaired) electrons. The van der Waals surface area contributed by atoms with Crippen LogP contribution in [0.1, 0.15) is 0 Å². The van der Waals surface area contributed by atoms with Gasteiger partial charge in [0.15, 0.2) is 49.3 Å². The number of carbonyl (C=O) groups is 14. The van der Waals surface area contributed by atoms with Crippen LogP contribution in [0.5, 0.6) is 0 Å². The Kier molecular flexibility index (Phi) is 8.89. The summed E-state index contributed by atoms with van der Waals surface area (Å²) in [7, 11) is 4.86. The fraction of sp³-hybridized carbons (Fsp3) is 0.689. The first-order valence-corrected chi connectivity index (χ1v) is 28.4. The average molecular weight is 1210 g/mol. The van der Waals surface area contributed by atoms with Gasteiger partial charge in [0.1, 0.15) is 110 Å². The first-order valence-electron chi connectivity index (χ1n) is 28.4. The van der Waals surface area contributed by atoms with Crippen molar-refractivity contribution in [3.8, 4) is 0 Å². The van der Waals surface area contributed by atoms with E-state index in [0.29, 0.717) is 19.2 Å². The molecule has 19 aliphatic heterocycles. The molecule has 0 aromatic carbocycles. The van der Waals surface area contributed by atoms with E-state index >= 15 is 52.7 Å². The molecule has 0 aromatic rings. The smallest absolute Gasteiger partial charge is 0.308 e. The maximum Gasteiger partial charge on any atom is 0.326 e. The van der Waals surface area contributed by atoms with Gasteiger partial charge in [0.25, 0.3) is 0 Å². The predicted molar refractivity (Wildman–Crippen MR) is 268 cm³/mol. The van der Waals surface area contributed by atoms with Crippen molar-refractivity contribution < 1.29 is 67.1 Å². The molecule has 458 valence electrons. The number of fused-ring (bicyclic) bond motifs is 4. The van der Waals surface area contributed by atoms with E-state index in [9.17, 15) is 14.4 Å². The molecule has 42 nitrogen and oxygen atoms in total. The monoisotopic (exact) mass is 1210 g/mol. The third-order valence-corrected chi connectivity index (χ3v) is 21.6. The van der Waals surface area contributed by atoms with Crippen molar-refractivity contribution in [3.05, 3.63) is 0 Å². The average Bonchev–Trinajstić information content (AvgIpc) is 1.61. The lowest BCUT2D eigenvalue weighted by atomic mass is 10.2. The fourth-order valence-electron chi connectivity index (χ4n) is 18.2. The van der Waals surface area contributed by atoms with E-state index in [1.54, 1.807) is 35.8 Å². The van der Waals surface area contributed by atoms with E-state index in [0.717, 1.165) is 0 Å². The van der Waals surface area contributed by atoms with E-state index in [1.807, 2.05) is 0 Å². The van der Waals surface area contributed by atoms with E-state index in [4.69, 9.17) is 0 Å². The molecule has 0 aromatic heterocycles. The summed E-state index contributed by atoms with van der Waals surface area (Å²) in [5.41, 5.74) is 0. The van der Waals surface area contributed by atoms with Gasteiger partial charge >= 0.3 is 66.3 Å². The van der Waals surface area contributed by atoms with Gasteiger partial charge in [0, 0.05) is 0 Å². The topological polar surface area (TPSA) is 330 Å². The van der Waals surface area contributed by atoms with Crippen LogP contribution < -0.4 is 0 Å². The number of hydrogen-bond acceptors (Lipinski definition) is 17. The van der Waals surface area contributed by atoms with E-state index < -0.39 is 226 Å². The molecule has 19 fully saturated rings. The highest BCUT2D eigenvalue weighted by Crippen LogP contribution is 2.50. The highest BCUT2D eigenvalue weighted by Gasteiger charge is 2.74. The summed E-state index contributed by atoms with van der Waals surface area (Å²) in [5, 5.41) is 0. The Balaban J connectivity index is 0.786. The van der Waals surface area contributed by atoms with Gasteiger partial charge in [0.2, 0.25) is 19.2 Å². The number of amides is 25. The van der Waals surface area contributed by atoms with Crippen LogP contribution >= 0.6 is 0 Å². The summed E-state index contributed by atoms with van der Waals surface area (Å²) < 4.78 is 0. The minimum Gasteiger partial charge on any atom is -0.308 e. The predicted octanol–water partition coefficient (Wildman–Crippen LogP) is -7.65. The van der Waals surface area contributed by atoms with Gasteiger partial charge in [-0.15, -0.1) is 0 Å². The minimum atomic E-state index is -1.31. The Morgan fingerprint density at radius 1 is 0.195 bits per heavy atom. The summed E-state index contributed by atoms with van der Waals surface area (Å²) in [4.78, 5) is 249. The Hall–Kier alpha value is -9.74. The van der Waals surface area contributed by atoms with Crippen LogP contribution in [-0.2, 0) is 14.4 Å². The second-order valence-electron chi connectivity index (χ2n) is 25.3. The fourth-order valence-corrected chi connectivity index (χ4v) is 18.2. The summed E-state index contributed by atoms with van der Waals surface area (Å²) in [5.74, 6) is 0. The molecule has 14 unspecified atom stereocenters. The van der Waals surface area contributed by atoms with Crippen LogP contribution in [-0.4, -0.2) is 424 Å². The Morgan fingerprint density at radius 3 is 0.529 bits per heavy atom. The standard InChI is InChI=1S/C45H54N28O14/c1-46-4-49(18-74)24-22-47(2)5-53-28-31-66(36(53)78)14-70-33-34-71-15-67-32-30-55(38(67)80)8-51(20-76)26-23-48(3)6-52-27-29-54(37(79)62(27)10-58(23)41(83)61(26)13-65(30)43(85)69(32)17-73(34)44(70)86)7-50(19-75)25-21(46)56(39(81)60(25)12-64(29)35(52)77)9-59(24)40(82)57(22)11-63(28)42(84)68(31)16-72(33)45(71)87/h18-34H,4-17H2,1-3H3. The zero-order valence-corrected chi connectivity index (χ0v) is 46.5. The van der Waals surface area contributed by atoms with Crippen molar-refractivity contribution in [2.75, 3.05) is 115 Å². The third kappa shape index (κ3) is 5.35. The van der Waals surface area contributed by atoms with Gasteiger partial charge in [-0.3, -0.25) is 137 Å². The van der Waals surface area contributed by atoms with Crippen molar-refractivity contribution in [1.82, 2.24) is 137 Å². The molecule has 25 amide bonds. The molecule has 19 saturated heterocycles. The van der Waals surface area contributed by atoms with Crippen molar-refractivity contribution in [2.45, 2.75) is 86.3 Å². The molecule has 14 atom stereocenters. The van der Waals surface area contributed by atoms with Crippen molar-refractivity contribution >= 4 is 85.6 Å². The first-order chi connectivity index (χ1) is 41.9. The van der Waals surface area contributed by atoms with Crippen molar-refractivity contribution in [3.63, 3.8) is 0 Å². The summed E-state index contributed by atoms with van der Waals surface area (Å²) >= 11 is 0. The van der Waals surface area contributed by atoms with Gasteiger partial charge in [-0.25, -0.2) is 52.7 Å². The molecule has 0 aliphatic carbocycles. The van der Waals surface area contributed by atoms with Crippen LogP contribution in [0.3, 0.4) is 0 Å². The summed E-state index contributed by atoms with van der Waals surface area (Å²) in [6, 6.07) is -7.71. The largest absolute Gasteiger partial charge is 0.326 e. The number of nitrogens with zero attached hydrogens (tertiary/aromatic N) is 28. The normalized spacial score (nSPS) is 38.7. The minimum absolute atomic E-state index is 0.261. The highest BCUT2D eigenvalue weighted by molar-refractivity contribution is 5.93. The first kappa shape index (κ1) is 49.5. The third-order valence-electron chi connectivity index (χ3n) is 21.6. The second kappa shape index (κ2) is 15.6. The van der Waals surface area contributed by atoms with Crippen LogP contribution in [0.4, 0.5) is 52.7 Å². The molecule has 0 spiro atoms. The molecule has 0 saturated carbocycles. The van der Waals surface area contributed by atoms with Gasteiger partial charge in [-0.05, 0) is 21.1 Å². The van der Waals surface area contributed by atoms with Gasteiger partial charge in [-0.1, -0.05) is 0 Å². The number of rotatable bonds is 3. The number of carbonyl (C=O) groups excluding carboxylic acids is 14. The Bertz CT molecular complexity index is 3410. The molecule has 87 heavy (non-hydrogen) atoms. The Labute approximate surface area is 489 Å². The van der Waals surface area contributed by atoms with Gasteiger partial charge in [-0.2, -0.15) is 0 Å². The molecule has 0 N–H and O–H groups in total. The van der Waals surface area contributed by atoms with E-state index in [1.165, 1.54) is 122 Å². The molecule has 42 heteroatoms. The zero-order chi connectivity index (χ0) is 59.6. The number of urea groups is 11. The molecular weight excluding hydrogens is 1160 g/mol. The quantitative estimate of drug-likeness (QED) is 0.237. The molecule has 14 bridgehead atoms. The SMILES string of the molecule is CN1CN2C(=O)N3CN4C(=O)N5CN6C(=O)N7CN8C(=O)N9CN%10C(=O)N%11CN(C=O)C%12C%13N(C)CN(C=O)C%14C1N1CN%15C(=O)N(CN%16C(=O)N(CN%17C(=O)N(CN(C=O)C8C9N(C)CN8C(=O)N(CN%12C(=O)N%13CN%14C1=O)C%11C8%10)C7C%176)C5C4%16)C3C2%15. The lowest BCUT2D eigenvalue weighted by Gasteiger charge is -2.48. The lowest BCUT2D eigenvalue weighted by Crippen LogP contribution is -2.68. The van der Waals surface area contributed by atoms with E-state index in [-0.39, 0.29) is 20.0 Å². The zero-order valence-electron chi connectivity index (χ0n) is 46.5. The molecule has 19 rings (SSSR count). The molecular formula is C45H54N28O14. The van der Waals surface area contributed by atoms with Gasteiger partial charge in [0.05, 0.1) is 20.0 Å². The van der Waals surface area contributed by atoms with E-state index in [2.05, 4.69) is 0 Å². The highest BCUT2D eigenvalue weighted by atomic mass is 16.2. The van der Waals surface area contributed by atoms with Crippen molar-refractivity contribution in [1.29, 1.82) is 0 Å². The lowest BCUT2D eigenvalue weighted by molar-refractivity contribution is -0.145. The molecule has 19 heterocycles. The Morgan fingerprint density at radius 2 is 0.333 bits per heavy atom. The van der Waals surface area contributed by atoms with Crippen LogP contribution in [0.2, 0.25) is 0 Å². The number of likely N-dealkylation sites (N-methyl/N-ethyl adjacent to an activating group) is 3. The summed E-state index contributed by atoms with van der Waals surface area (Å²) in [6.45, 7) is -6.40. The maximum atomic E-state index is 15.5. The number of hydrogen-bond donors (Lipinski definition) is 0. The summed E-state index contributed by atoms with van der Waals surface area (Å²) in [6.07, 6.45) is -15.3. The van der Waals surface area contributed by atoms with Crippen LogP contribution in [0.15, 0.2) is 0 Å².